The molecule has 1 aliphatic heterocycles. The maximum atomic E-state index is 14.4. The van der Waals surface area contributed by atoms with E-state index < -0.39 is 5.82 Å². The van der Waals surface area contributed by atoms with Gasteiger partial charge in [-0.05, 0) is 55.0 Å². The molecule has 0 aromatic heterocycles. The van der Waals surface area contributed by atoms with Crippen LogP contribution in [0.4, 0.5) is 15.8 Å². The molecule has 5 heteroatoms. The number of carbonyl (C=O) groups is 1. The summed E-state index contributed by atoms with van der Waals surface area (Å²) in [4.78, 5) is 14.6. The third-order valence-electron chi connectivity index (χ3n) is 4.85. The van der Waals surface area contributed by atoms with Gasteiger partial charge >= 0.3 is 0 Å². The number of hydrogen-bond acceptors (Lipinski definition) is 3. The van der Waals surface area contributed by atoms with Crippen LogP contribution in [-0.4, -0.2) is 25.6 Å². The van der Waals surface area contributed by atoms with Gasteiger partial charge in [0.25, 0.3) is 5.91 Å². The van der Waals surface area contributed by atoms with Crippen LogP contribution in [0.15, 0.2) is 36.4 Å². The van der Waals surface area contributed by atoms with Crippen molar-refractivity contribution >= 4 is 17.3 Å². The van der Waals surface area contributed by atoms with Gasteiger partial charge in [-0.25, -0.2) is 4.39 Å². The lowest BCUT2D eigenvalue weighted by Crippen LogP contribution is -2.25. The Balaban J connectivity index is 1.71. The highest BCUT2D eigenvalue weighted by atomic mass is 19.1. The Morgan fingerprint density at radius 3 is 2.67 bits per heavy atom. The summed E-state index contributed by atoms with van der Waals surface area (Å²) in [5.74, 6) is 0.202. The van der Waals surface area contributed by atoms with Gasteiger partial charge in [0, 0.05) is 13.1 Å². The molecule has 144 valence electrons. The highest BCUT2D eigenvalue weighted by Crippen LogP contribution is 2.31. The lowest BCUT2D eigenvalue weighted by atomic mass is 10.0. The van der Waals surface area contributed by atoms with Gasteiger partial charge < -0.3 is 15.0 Å². The second kappa shape index (κ2) is 8.42. The molecule has 1 fully saturated rings. The summed E-state index contributed by atoms with van der Waals surface area (Å²) >= 11 is 0. The van der Waals surface area contributed by atoms with Crippen LogP contribution in [0, 0.1) is 12.7 Å². The van der Waals surface area contributed by atoms with E-state index >= 15 is 0 Å². The summed E-state index contributed by atoms with van der Waals surface area (Å²) < 4.78 is 20.1. The van der Waals surface area contributed by atoms with Crippen LogP contribution in [0.25, 0.3) is 0 Å². The molecule has 0 spiro atoms. The molecule has 3 rings (SSSR count). The van der Waals surface area contributed by atoms with Crippen LogP contribution in [0.2, 0.25) is 0 Å². The van der Waals surface area contributed by atoms with E-state index in [0.717, 1.165) is 42.7 Å². The molecule has 0 bridgehead atoms. The normalized spacial score (nSPS) is 13.9. The zero-order valence-electron chi connectivity index (χ0n) is 16.2. The Kier molecular flexibility index (Phi) is 5.99. The van der Waals surface area contributed by atoms with Crippen molar-refractivity contribution in [3.8, 4) is 5.75 Å². The number of nitrogens with zero attached hydrogens (tertiary/aromatic N) is 1. The van der Waals surface area contributed by atoms with Crippen molar-refractivity contribution in [2.24, 2.45) is 0 Å². The summed E-state index contributed by atoms with van der Waals surface area (Å²) in [5, 5.41) is 2.71. The molecule has 1 heterocycles. The number of benzene rings is 2. The van der Waals surface area contributed by atoms with Crippen LogP contribution >= 0.6 is 0 Å². The van der Waals surface area contributed by atoms with Gasteiger partial charge in [-0.15, -0.1) is 0 Å². The van der Waals surface area contributed by atoms with Crippen molar-refractivity contribution in [2.75, 3.05) is 29.9 Å². The second-order valence-corrected chi connectivity index (χ2v) is 7.36. The van der Waals surface area contributed by atoms with E-state index in [1.54, 1.807) is 6.07 Å². The minimum atomic E-state index is -0.425. The van der Waals surface area contributed by atoms with Gasteiger partial charge in [0.15, 0.2) is 6.61 Å². The lowest BCUT2D eigenvalue weighted by Gasteiger charge is -2.22. The molecule has 1 amide bonds. The molecule has 0 radical (unpaired) electrons. The van der Waals surface area contributed by atoms with Gasteiger partial charge in [0.05, 0.1) is 5.69 Å². The predicted octanol–water partition coefficient (Wildman–Crippen LogP) is 4.88. The van der Waals surface area contributed by atoms with Gasteiger partial charge in [-0.1, -0.05) is 32.0 Å². The third kappa shape index (κ3) is 4.59. The van der Waals surface area contributed by atoms with Crippen LogP contribution in [-0.2, 0) is 4.79 Å². The fourth-order valence-corrected chi connectivity index (χ4v) is 3.42. The fourth-order valence-electron chi connectivity index (χ4n) is 3.42. The van der Waals surface area contributed by atoms with Crippen LogP contribution < -0.4 is 15.0 Å². The van der Waals surface area contributed by atoms with Crippen molar-refractivity contribution in [1.29, 1.82) is 0 Å². The maximum Gasteiger partial charge on any atom is 0.262 e. The molecule has 1 aliphatic rings. The molecule has 2 aromatic rings. The molecule has 0 saturated carbocycles. The van der Waals surface area contributed by atoms with Gasteiger partial charge in [-0.3, -0.25) is 4.79 Å². The summed E-state index contributed by atoms with van der Waals surface area (Å²) in [6.07, 6.45) is 2.16. The lowest BCUT2D eigenvalue weighted by molar-refractivity contribution is -0.118. The monoisotopic (exact) mass is 370 g/mol. The van der Waals surface area contributed by atoms with Crippen LogP contribution in [0.1, 0.15) is 43.7 Å². The summed E-state index contributed by atoms with van der Waals surface area (Å²) in [5.41, 5.74) is 3.10. The Bertz CT molecular complexity index is 814. The predicted molar refractivity (Wildman–Crippen MR) is 107 cm³/mol. The number of rotatable bonds is 6. The number of aryl methyl sites for hydroxylation is 1. The summed E-state index contributed by atoms with van der Waals surface area (Å²) in [6, 6.07) is 10.9. The number of halogens is 1. The molecule has 0 unspecified atom stereocenters. The van der Waals surface area contributed by atoms with Gasteiger partial charge in [-0.2, -0.15) is 0 Å². The largest absolute Gasteiger partial charge is 0.483 e. The van der Waals surface area contributed by atoms with Crippen LogP contribution in [0.3, 0.4) is 0 Å². The quantitative estimate of drug-likeness (QED) is 0.788. The fraction of sp³-hybridized carbons (Fsp3) is 0.409. The first-order valence-electron chi connectivity index (χ1n) is 9.52. The van der Waals surface area contributed by atoms with E-state index in [1.807, 2.05) is 31.2 Å². The molecular formula is C22H27FN2O2. The third-order valence-corrected chi connectivity index (χ3v) is 4.85. The number of hydrogen-bond donors (Lipinski definition) is 1. The average molecular weight is 370 g/mol. The van der Waals surface area contributed by atoms with Crippen molar-refractivity contribution < 1.29 is 13.9 Å². The summed E-state index contributed by atoms with van der Waals surface area (Å²) in [6.45, 7) is 7.75. The van der Waals surface area contributed by atoms with Crippen LogP contribution in [0.5, 0.6) is 5.75 Å². The minimum Gasteiger partial charge on any atom is -0.483 e. The highest BCUT2D eigenvalue weighted by molar-refractivity contribution is 5.95. The first kappa shape index (κ1) is 19.2. The molecule has 1 N–H and O–H groups in total. The van der Waals surface area contributed by atoms with Crippen molar-refractivity contribution in [3.05, 3.63) is 53.3 Å². The number of nitrogens with one attached hydrogen (secondary N) is 1. The second-order valence-electron chi connectivity index (χ2n) is 7.36. The topological polar surface area (TPSA) is 41.6 Å². The molecule has 27 heavy (non-hydrogen) atoms. The molecular weight excluding hydrogens is 343 g/mol. The smallest absolute Gasteiger partial charge is 0.262 e. The van der Waals surface area contributed by atoms with E-state index in [2.05, 4.69) is 24.1 Å². The Morgan fingerprint density at radius 2 is 1.96 bits per heavy atom. The van der Waals surface area contributed by atoms with Crippen molar-refractivity contribution in [1.82, 2.24) is 0 Å². The number of anilines is 2. The van der Waals surface area contributed by atoms with Gasteiger partial charge in [0.1, 0.15) is 17.3 Å². The molecule has 2 aromatic carbocycles. The zero-order valence-corrected chi connectivity index (χ0v) is 16.2. The standard InChI is InChI=1S/C22H27FN2O2/c1-15(2)17-10-9-16(3)13-20(17)27-14-21(26)24-22-18(23)7-6-8-19(22)25-11-4-5-12-25/h6-10,13,15H,4-5,11-12,14H2,1-3H3,(H,24,26). The average Bonchev–Trinajstić information content (AvgIpc) is 3.16. The Hall–Kier alpha value is -2.56. The molecule has 0 aliphatic carbocycles. The first-order valence-corrected chi connectivity index (χ1v) is 9.52. The number of para-hydroxylation sites is 1. The summed E-state index contributed by atoms with van der Waals surface area (Å²) in [7, 11) is 0. The number of ether oxygens (including phenoxy) is 1. The van der Waals surface area contributed by atoms with Crippen molar-refractivity contribution in [3.63, 3.8) is 0 Å². The van der Waals surface area contributed by atoms with E-state index in [-0.39, 0.29) is 24.1 Å². The van der Waals surface area contributed by atoms with E-state index in [9.17, 15) is 9.18 Å². The van der Waals surface area contributed by atoms with E-state index in [4.69, 9.17) is 4.74 Å². The maximum absolute atomic E-state index is 14.4. The highest BCUT2D eigenvalue weighted by Gasteiger charge is 2.20. The number of amides is 1. The SMILES string of the molecule is Cc1ccc(C(C)C)c(OCC(=O)Nc2c(F)cccc2N2CCCC2)c1. The van der Waals surface area contributed by atoms with E-state index in [1.165, 1.54) is 6.07 Å². The van der Waals surface area contributed by atoms with Gasteiger partial charge in [0.2, 0.25) is 0 Å². The Labute approximate surface area is 160 Å². The zero-order chi connectivity index (χ0) is 19.4. The minimum absolute atomic E-state index is 0.156. The molecule has 0 atom stereocenters. The molecule has 4 nitrogen and oxygen atoms in total. The first-order chi connectivity index (χ1) is 13.0. The Morgan fingerprint density at radius 1 is 1.22 bits per heavy atom. The van der Waals surface area contributed by atoms with E-state index in [0.29, 0.717) is 5.75 Å². The number of carbonyl (C=O) groups excluding carboxylic acids is 1. The molecule has 1 saturated heterocycles. The van der Waals surface area contributed by atoms with Crippen molar-refractivity contribution in [2.45, 2.75) is 39.5 Å².